The van der Waals surface area contributed by atoms with Gasteiger partial charge in [0.25, 0.3) is 0 Å². The zero-order valence-electron chi connectivity index (χ0n) is 3.48. The normalized spacial score (nSPS) is 7.50. The molecule has 0 aliphatic rings. The summed E-state index contributed by atoms with van der Waals surface area (Å²) < 4.78 is 0. The zero-order chi connectivity index (χ0) is 4.99. The fourth-order valence-corrected chi connectivity index (χ4v) is 0.250. The van der Waals surface area contributed by atoms with Gasteiger partial charge in [0.05, 0.1) is 0 Å². The second-order valence-corrected chi connectivity index (χ2v) is 1.28. The van der Waals surface area contributed by atoms with Gasteiger partial charge in [-0.2, -0.15) is 0 Å². The van der Waals surface area contributed by atoms with E-state index in [1.807, 2.05) is 0 Å². The Labute approximate surface area is 39.6 Å². The number of hydrogen-bond donors (Lipinski definition) is 0. The third-order valence-corrected chi connectivity index (χ3v) is 0.831. The molecular formula is C4H7OP. The molecule has 1 nitrogen and oxygen atoms in total. The maximum atomic E-state index is 10.0. The van der Waals surface area contributed by atoms with E-state index >= 15 is 0 Å². The highest BCUT2D eigenvalue weighted by Gasteiger charge is 1.82. The van der Waals surface area contributed by atoms with E-state index in [0.29, 0.717) is 6.16 Å². The molecular weight excluding hydrogens is 95.0 g/mol. The van der Waals surface area contributed by atoms with E-state index in [1.54, 1.807) is 0 Å². The lowest BCUT2D eigenvalue weighted by Gasteiger charge is -1.75. The van der Waals surface area contributed by atoms with E-state index < -0.39 is 0 Å². The molecule has 34 valence electrons. The smallest absolute Gasteiger partial charge is 0.158 e. The van der Waals surface area contributed by atoms with Crippen molar-refractivity contribution in [2.45, 2.75) is 0 Å². The van der Waals surface area contributed by atoms with Gasteiger partial charge in [-0.15, -0.1) is 9.24 Å². The first kappa shape index (κ1) is 5.84. The van der Waals surface area contributed by atoms with Gasteiger partial charge in [0, 0.05) is 6.16 Å². The first-order valence-electron chi connectivity index (χ1n) is 1.66. The first-order chi connectivity index (χ1) is 2.81. The van der Waals surface area contributed by atoms with E-state index in [4.69, 9.17) is 0 Å². The predicted molar refractivity (Wildman–Crippen MR) is 29.8 cm³/mol. The van der Waals surface area contributed by atoms with Crippen LogP contribution < -0.4 is 0 Å². The Morgan fingerprint density at radius 3 is 2.50 bits per heavy atom. The lowest BCUT2D eigenvalue weighted by atomic mass is 10.5. The summed E-state index contributed by atoms with van der Waals surface area (Å²) in [5.41, 5.74) is 0. The Morgan fingerprint density at radius 2 is 2.50 bits per heavy atom. The number of hydrogen-bond acceptors (Lipinski definition) is 1. The molecule has 0 spiro atoms. The quantitative estimate of drug-likeness (QED) is 0.369. The van der Waals surface area contributed by atoms with E-state index in [2.05, 4.69) is 15.8 Å². The molecule has 0 bridgehead atoms. The molecule has 0 fully saturated rings. The minimum Gasteiger partial charge on any atom is -0.295 e. The summed E-state index contributed by atoms with van der Waals surface area (Å²) in [7, 11) is 2.32. The predicted octanol–water partition coefficient (Wildman–Crippen LogP) is 0.617. The molecule has 6 heavy (non-hydrogen) atoms. The molecule has 1 unspecified atom stereocenters. The molecule has 0 aliphatic carbocycles. The number of carbonyl (C=O) groups excluding carboxylic acids is 1. The van der Waals surface area contributed by atoms with Gasteiger partial charge in [-0.25, -0.2) is 0 Å². The van der Waals surface area contributed by atoms with Gasteiger partial charge >= 0.3 is 0 Å². The molecule has 2 heteroatoms. The van der Waals surface area contributed by atoms with E-state index in [9.17, 15) is 4.79 Å². The van der Waals surface area contributed by atoms with Crippen LogP contribution in [0, 0.1) is 0 Å². The van der Waals surface area contributed by atoms with Crippen LogP contribution in [0.25, 0.3) is 0 Å². The highest BCUT2D eigenvalue weighted by molar-refractivity contribution is 7.18. The zero-order valence-corrected chi connectivity index (χ0v) is 4.63. The molecule has 0 aromatic carbocycles. The molecule has 0 aromatic heterocycles. The summed E-state index contributed by atoms with van der Waals surface area (Å²) in [5, 5.41) is 0. The Morgan fingerprint density at radius 1 is 2.00 bits per heavy atom. The second-order valence-electron chi connectivity index (χ2n) is 0.875. The summed E-state index contributed by atoms with van der Waals surface area (Å²) in [6.45, 7) is 3.27. The molecule has 0 rings (SSSR count). The van der Waals surface area contributed by atoms with Gasteiger partial charge < -0.3 is 0 Å². The van der Waals surface area contributed by atoms with Crippen LogP contribution in [0.4, 0.5) is 0 Å². The highest BCUT2D eigenvalue weighted by Crippen LogP contribution is 1.80. The van der Waals surface area contributed by atoms with E-state index in [0.717, 1.165) is 0 Å². The number of ketones is 1. The minimum absolute atomic E-state index is 0.0694. The van der Waals surface area contributed by atoms with Crippen LogP contribution in [0.15, 0.2) is 12.7 Å². The van der Waals surface area contributed by atoms with Crippen LogP contribution in [0.2, 0.25) is 0 Å². The van der Waals surface area contributed by atoms with Crippen molar-refractivity contribution in [1.29, 1.82) is 0 Å². The van der Waals surface area contributed by atoms with Crippen LogP contribution in [-0.4, -0.2) is 11.9 Å². The third kappa shape index (κ3) is 2.10. The Kier molecular flexibility index (Phi) is 2.97. The Bertz CT molecular complexity index is 67.9. The van der Waals surface area contributed by atoms with Crippen molar-refractivity contribution in [3.8, 4) is 0 Å². The number of rotatable bonds is 2. The second kappa shape index (κ2) is 3.05. The maximum absolute atomic E-state index is 10.0. The lowest BCUT2D eigenvalue weighted by molar-refractivity contribution is -0.112. The van der Waals surface area contributed by atoms with Gasteiger partial charge in [-0.3, -0.25) is 4.79 Å². The SMILES string of the molecule is C=CC(=O)CP. The van der Waals surface area contributed by atoms with Crippen molar-refractivity contribution in [2.24, 2.45) is 0 Å². The topological polar surface area (TPSA) is 17.1 Å². The van der Waals surface area contributed by atoms with Crippen molar-refractivity contribution in [1.82, 2.24) is 0 Å². The summed E-state index contributed by atoms with van der Waals surface area (Å²) in [4.78, 5) is 10.0. The van der Waals surface area contributed by atoms with Crippen molar-refractivity contribution in [2.75, 3.05) is 6.16 Å². The largest absolute Gasteiger partial charge is 0.295 e. The monoisotopic (exact) mass is 102 g/mol. The number of carbonyl (C=O) groups is 1. The average molecular weight is 102 g/mol. The fourth-order valence-electron chi connectivity index (χ4n) is 0.0833. The first-order valence-corrected chi connectivity index (χ1v) is 2.48. The van der Waals surface area contributed by atoms with Crippen LogP contribution in [0.5, 0.6) is 0 Å². The molecule has 0 aliphatic heterocycles. The molecule has 0 N–H and O–H groups in total. The van der Waals surface area contributed by atoms with Crippen molar-refractivity contribution in [3.05, 3.63) is 12.7 Å². The van der Waals surface area contributed by atoms with Crippen molar-refractivity contribution in [3.63, 3.8) is 0 Å². The van der Waals surface area contributed by atoms with Gasteiger partial charge in [-0.05, 0) is 6.08 Å². The van der Waals surface area contributed by atoms with Gasteiger partial charge in [0.1, 0.15) is 0 Å². The van der Waals surface area contributed by atoms with E-state index in [1.165, 1.54) is 6.08 Å². The molecule has 0 aromatic rings. The molecule has 0 heterocycles. The Hall–Kier alpha value is -0.160. The lowest BCUT2D eigenvalue weighted by Crippen LogP contribution is -1.88. The average Bonchev–Trinajstić information content (AvgIpc) is 1.65. The minimum atomic E-state index is 0.0694. The van der Waals surface area contributed by atoms with E-state index in [-0.39, 0.29) is 5.78 Å². The molecule has 0 saturated carbocycles. The van der Waals surface area contributed by atoms with Gasteiger partial charge in [0.15, 0.2) is 5.78 Å². The van der Waals surface area contributed by atoms with Crippen LogP contribution in [0.1, 0.15) is 0 Å². The maximum Gasteiger partial charge on any atom is 0.158 e. The fraction of sp³-hybridized carbons (Fsp3) is 0.250. The highest BCUT2D eigenvalue weighted by atomic mass is 31.0. The number of allylic oxidation sites excluding steroid dienone is 1. The van der Waals surface area contributed by atoms with Gasteiger partial charge in [0.2, 0.25) is 0 Å². The summed E-state index contributed by atoms with van der Waals surface area (Å²) in [6, 6.07) is 0. The summed E-state index contributed by atoms with van der Waals surface area (Å²) >= 11 is 0. The van der Waals surface area contributed by atoms with Crippen molar-refractivity contribution >= 4 is 15.0 Å². The molecule has 0 radical (unpaired) electrons. The third-order valence-electron chi connectivity index (χ3n) is 0.429. The molecule has 0 amide bonds. The standard InChI is InChI=1S/C4H7OP/c1-2-4(5)3-6/h2H,1,3,6H2. The van der Waals surface area contributed by atoms with Crippen molar-refractivity contribution < 1.29 is 4.79 Å². The Balaban J connectivity index is 3.23. The molecule has 0 saturated heterocycles. The summed E-state index contributed by atoms with van der Waals surface area (Å²) in [6.07, 6.45) is 1.80. The van der Waals surface area contributed by atoms with Crippen LogP contribution >= 0.6 is 9.24 Å². The van der Waals surface area contributed by atoms with Crippen LogP contribution in [-0.2, 0) is 4.79 Å². The molecule has 1 atom stereocenters. The summed E-state index contributed by atoms with van der Waals surface area (Å²) in [5.74, 6) is 0.0694. The van der Waals surface area contributed by atoms with Crippen LogP contribution in [0.3, 0.4) is 0 Å². The van der Waals surface area contributed by atoms with Gasteiger partial charge in [-0.1, -0.05) is 6.58 Å².